The third-order valence-corrected chi connectivity index (χ3v) is 5.80. The molecule has 0 saturated carbocycles. The number of piperidine rings is 1. The average Bonchev–Trinajstić information content (AvgIpc) is 2.79. The molecule has 2 aromatic rings. The molecular formula is C23H29N5O3. The van der Waals surface area contributed by atoms with E-state index in [1.54, 1.807) is 12.4 Å². The van der Waals surface area contributed by atoms with Gasteiger partial charge in [0.2, 0.25) is 11.8 Å². The minimum absolute atomic E-state index is 0.107. The second kappa shape index (κ2) is 9.98. The number of morpholine rings is 1. The first-order chi connectivity index (χ1) is 15.1. The first-order valence-electron chi connectivity index (χ1n) is 10.9. The summed E-state index contributed by atoms with van der Waals surface area (Å²) in [5.41, 5.74) is 3.45. The van der Waals surface area contributed by atoms with E-state index in [1.165, 1.54) is 6.92 Å². The Morgan fingerprint density at radius 2 is 1.97 bits per heavy atom. The number of carbonyl (C=O) groups is 2. The molecule has 1 aromatic carbocycles. The van der Waals surface area contributed by atoms with Crippen LogP contribution in [-0.2, 0) is 14.3 Å². The normalized spacial score (nSPS) is 19.8. The van der Waals surface area contributed by atoms with Crippen LogP contribution in [-0.4, -0.2) is 77.5 Å². The molecule has 2 fully saturated rings. The van der Waals surface area contributed by atoms with Crippen LogP contribution in [0.1, 0.15) is 31.4 Å². The number of hydrogen-bond donors (Lipinski definition) is 1. The summed E-state index contributed by atoms with van der Waals surface area (Å²) in [7, 11) is 0. The quantitative estimate of drug-likeness (QED) is 0.793. The Morgan fingerprint density at radius 1 is 1.16 bits per heavy atom. The molecule has 1 atom stereocenters. The molecule has 2 saturated heterocycles. The van der Waals surface area contributed by atoms with E-state index in [0.29, 0.717) is 32.8 Å². The summed E-state index contributed by atoms with van der Waals surface area (Å²) >= 11 is 0. The van der Waals surface area contributed by atoms with Crippen LogP contribution in [0.3, 0.4) is 0 Å². The first kappa shape index (κ1) is 21.4. The fourth-order valence-electron chi connectivity index (χ4n) is 4.34. The van der Waals surface area contributed by atoms with Crippen molar-refractivity contribution in [1.82, 2.24) is 19.8 Å². The summed E-state index contributed by atoms with van der Waals surface area (Å²) in [6.07, 6.45) is 5.46. The van der Waals surface area contributed by atoms with Crippen LogP contribution in [0.15, 0.2) is 36.7 Å². The van der Waals surface area contributed by atoms with Gasteiger partial charge in [0.1, 0.15) is 0 Å². The van der Waals surface area contributed by atoms with E-state index in [-0.39, 0.29) is 17.7 Å². The molecule has 0 spiro atoms. The number of likely N-dealkylation sites (tertiary alicyclic amines) is 1. The van der Waals surface area contributed by atoms with Crippen molar-refractivity contribution < 1.29 is 14.3 Å². The van der Waals surface area contributed by atoms with E-state index in [9.17, 15) is 9.59 Å². The zero-order valence-corrected chi connectivity index (χ0v) is 17.9. The van der Waals surface area contributed by atoms with E-state index < -0.39 is 0 Å². The molecule has 3 heterocycles. The van der Waals surface area contributed by atoms with Gasteiger partial charge in [0.25, 0.3) is 0 Å². The van der Waals surface area contributed by atoms with Crippen molar-refractivity contribution in [3.63, 3.8) is 0 Å². The standard InChI is InChI=1S/C23H29N5O3/c1-17(29)26-20-6-2-4-18(14-20)22-23(25-8-7-24-22)19-5-3-9-27(15-19)16-21(30)28-10-12-31-13-11-28/h2,4,6-8,14,19H,3,5,9-13,15-16H2,1H3,(H,26,29). The SMILES string of the molecule is CC(=O)Nc1cccc(-c2nccnc2C2CCCN(CC(=O)N3CCOCC3)C2)c1. The van der Waals surface area contributed by atoms with Gasteiger partial charge in [-0.25, -0.2) is 0 Å². The van der Waals surface area contributed by atoms with Crippen LogP contribution in [0, 0.1) is 0 Å². The smallest absolute Gasteiger partial charge is 0.236 e. The molecule has 0 aliphatic carbocycles. The largest absolute Gasteiger partial charge is 0.378 e. The van der Waals surface area contributed by atoms with E-state index in [0.717, 1.165) is 48.6 Å². The number of amides is 2. The predicted octanol–water partition coefficient (Wildman–Crippen LogP) is 2.14. The average molecular weight is 424 g/mol. The van der Waals surface area contributed by atoms with Crippen molar-refractivity contribution in [3.05, 3.63) is 42.4 Å². The minimum atomic E-state index is -0.107. The van der Waals surface area contributed by atoms with Gasteiger partial charge in [-0.2, -0.15) is 0 Å². The number of rotatable bonds is 5. The molecule has 8 heteroatoms. The summed E-state index contributed by atoms with van der Waals surface area (Å²) < 4.78 is 5.35. The van der Waals surface area contributed by atoms with Gasteiger partial charge in [-0.05, 0) is 31.5 Å². The van der Waals surface area contributed by atoms with Crippen molar-refractivity contribution in [3.8, 4) is 11.3 Å². The predicted molar refractivity (Wildman–Crippen MR) is 118 cm³/mol. The number of carbonyl (C=O) groups excluding carboxylic acids is 2. The Balaban J connectivity index is 1.49. The molecule has 1 N–H and O–H groups in total. The van der Waals surface area contributed by atoms with Crippen LogP contribution < -0.4 is 5.32 Å². The van der Waals surface area contributed by atoms with E-state index in [2.05, 4.69) is 20.2 Å². The number of benzene rings is 1. The van der Waals surface area contributed by atoms with Crippen LogP contribution in [0.5, 0.6) is 0 Å². The molecule has 0 bridgehead atoms. The number of nitrogens with one attached hydrogen (secondary N) is 1. The number of hydrogen-bond acceptors (Lipinski definition) is 6. The van der Waals surface area contributed by atoms with Gasteiger partial charge in [0, 0.05) is 56.1 Å². The first-order valence-corrected chi connectivity index (χ1v) is 10.9. The highest BCUT2D eigenvalue weighted by molar-refractivity contribution is 5.89. The van der Waals surface area contributed by atoms with Crippen LogP contribution in [0.25, 0.3) is 11.3 Å². The lowest BCUT2D eigenvalue weighted by molar-refractivity contribution is -0.136. The highest BCUT2D eigenvalue weighted by Crippen LogP contribution is 2.32. The highest BCUT2D eigenvalue weighted by atomic mass is 16.5. The molecule has 4 rings (SSSR count). The van der Waals surface area contributed by atoms with Crippen molar-refractivity contribution in [2.45, 2.75) is 25.7 Å². The Labute approximate surface area is 182 Å². The van der Waals surface area contributed by atoms with Gasteiger partial charge in [0.15, 0.2) is 0 Å². The van der Waals surface area contributed by atoms with Gasteiger partial charge >= 0.3 is 0 Å². The maximum absolute atomic E-state index is 12.7. The molecule has 2 amide bonds. The minimum Gasteiger partial charge on any atom is -0.378 e. The monoisotopic (exact) mass is 423 g/mol. The zero-order valence-electron chi connectivity index (χ0n) is 17.9. The molecule has 1 unspecified atom stereocenters. The van der Waals surface area contributed by atoms with Crippen molar-refractivity contribution in [2.24, 2.45) is 0 Å². The topological polar surface area (TPSA) is 87.7 Å². The Morgan fingerprint density at radius 3 is 2.77 bits per heavy atom. The van der Waals surface area contributed by atoms with Gasteiger partial charge in [-0.15, -0.1) is 0 Å². The Bertz CT molecular complexity index is 929. The summed E-state index contributed by atoms with van der Waals surface area (Å²) in [4.78, 5) is 37.6. The summed E-state index contributed by atoms with van der Waals surface area (Å²) in [5.74, 6) is 0.273. The lowest BCUT2D eigenvalue weighted by Gasteiger charge is -2.34. The maximum Gasteiger partial charge on any atom is 0.236 e. The molecular weight excluding hydrogens is 394 g/mol. The van der Waals surface area contributed by atoms with Crippen molar-refractivity contribution in [2.75, 3.05) is 51.3 Å². The van der Waals surface area contributed by atoms with Crippen LogP contribution >= 0.6 is 0 Å². The van der Waals surface area contributed by atoms with Gasteiger partial charge < -0.3 is 15.0 Å². The Kier molecular flexibility index (Phi) is 6.89. The molecule has 164 valence electrons. The molecule has 1 aromatic heterocycles. The van der Waals surface area contributed by atoms with Gasteiger partial charge in [-0.3, -0.25) is 24.5 Å². The molecule has 0 radical (unpaired) electrons. The fourth-order valence-corrected chi connectivity index (χ4v) is 4.34. The second-order valence-corrected chi connectivity index (χ2v) is 8.12. The van der Waals surface area contributed by atoms with E-state index in [4.69, 9.17) is 4.74 Å². The van der Waals surface area contributed by atoms with Gasteiger partial charge in [-0.1, -0.05) is 12.1 Å². The van der Waals surface area contributed by atoms with Crippen LogP contribution in [0.2, 0.25) is 0 Å². The summed E-state index contributed by atoms with van der Waals surface area (Å²) in [5, 5.41) is 2.83. The lowest BCUT2D eigenvalue weighted by atomic mass is 9.91. The number of anilines is 1. The number of nitrogens with zero attached hydrogens (tertiary/aromatic N) is 4. The molecule has 2 aliphatic heterocycles. The lowest BCUT2D eigenvalue weighted by Crippen LogP contribution is -2.47. The highest BCUT2D eigenvalue weighted by Gasteiger charge is 2.28. The maximum atomic E-state index is 12.7. The zero-order chi connectivity index (χ0) is 21.6. The molecule has 31 heavy (non-hydrogen) atoms. The molecule has 2 aliphatic rings. The molecule has 8 nitrogen and oxygen atoms in total. The third-order valence-electron chi connectivity index (χ3n) is 5.80. The summed E-state index contributed by atoms with van der Waals surface area (Å²) in [6.45, 7) is 6.22. The van der Waals surface area contributed by atoms with E-state index in [1.807, 2.05) is 29.2 Å². The van der Waals surface area contributed by atoms with Gasteiger partial charge in [0.05, 0.1) is 31.1 Å². The van der Waals surface area contributed by atoms with Crippen molar-refractivity contribution >= 4 is 17.5 Å². The summed E-state index contributed by atoms with van der Waals surface area (Å²) in [6, 6.07) is 7.69. The third kappa shape index (κ3) is 5.45. The number of ether oxygens (including phenoxy) is 1. The number of aromatic nitrogens is 2. The van der Waals surface area contributed by atoms with E-state index >= 15 is 0 Å². The van der Waals surface area contributed by atoms with Crippen LogP contribution in [0.4, 0.5) is 5.69 Å². The Hall–Kier alpha value is -2.84. The van der Waals surface area contributed by atoms with Crippen molar-refractivity contribution in [1.29, 1.82) is 0 Å². The fraction of sp³-hybridized carbons (Fsp3) is 0.478. The second-order valence-electron chi connectivity index (χ2n) is 8.12.